The fourth-order valence-corrected chi connectivity index (χ4v) is 4.20. The van der Waals surface area contributed by atoms with Crippen molar-refractivity contribution in [2.75, 3.05) is 36.5 Å². The molecule has 6 heteroatoms. The number of nitrogens with one attached hydrogen (secondary N) is 2. The van der Waals surface area contributed by atoms with Gasteiger partial charge in [-0.05, 0) is 60.5 Å². The Morgan fingerprint density at radius 1 is 1.03 bits per heavy atom. The van der Waals surface area contributed by atoms with E-state index in [2.05, 4.69) is 40.3 Å². The van der Waals surface area contributed by atoms with Crippen molar-refractivity contribution in [2.45, 2.75) is 19.8 Å². The predicted molar refractivity (Wildman–Crippen MR) is 133 cm³/mol. The van der Waals surface area contributed by atoms with Gasteiger partial charge in [0.2, 0.25) is 0 Å². The van der Waals surface area contributed by atoms with Crippen LogP contribution in [-0.2, 0) is 11.2 Å². The molecule has 0 unspecified atom stereocenters. The maximum Gasteiger partial charge on any atom is 0.255 e. The molecule has 1 aromatic heterocycles. The molecule has 2 heterocycles. The van der Waals surface area contributed by atoms with Gasteiger partial charge in [-0.2, -0.15) is 0 Å². The van der Waals surface area contributed by atoms with Crippen LogP contribution in [0.3, 0.4) is 0 Å². The Kier molecular flexibility index (Phi) is 6.09. The maximum absolute atomic E-state index is 12.7. The normalized spacial score (nSPS) is 13.9. The average Bonchev–Trinajstić information content (AvgIpc) is 3.29. The Hall–Kier alpha value is -3.64. The van der Waals surface area contributed by atoms with Gasteiger partial charge in [0, 0.05) is 35.6 Å². The quantitative estimate of drug-likeness (QED) is 0.428. The molecule has 1 saturated heterocycles. The Morgan fingerprint density at radius 2 is 1.79 bits per heavy atom. The Balaban J connectivity index is 1.26. The van der Waals surface area contributed by atoms with Crippen molar-refractivity contribution >= 4 is 28.3 Å². The Bertz CT molecular complexity index is 1240. The van der Waals surface area contributed by atoms with E-state index in [1.807, 2.05) is 48.5 Å². The number of amides is 1. The number of nitrogens with zero attached hydrogens (tertiary/aromatic N) is 2. The van der Waals surface area contributed by atoms with Crippen LogP contribution in [0, 0.1) is 0 Å². The molecule has 3 aromatic carbocycles. The van der Waals surface area contributed by atoms with Crippen molar-refractivity contribution in [1.82, 2.24) is 9.97 Å². The third-order valence-electron chi connectivity index (χ3n) is 6.01. The highest BCUT2D eigenvalue weighted by atomic mass is 16.5. The van der Waals surface area contributed by atoms with Crippen molar-refractivity contribution in [3.8, 4) is 11.4 Å². The largest absolute Gasteiger partial charge is 0.378 e. The lowest BCUT2D eigenvalue weighted by atomic mass is 10.1. The van der Waals surface area contributed by atoms with E-state index in [1.165, 1.54) is 5.56 Å². The maximum atomic E-state index is 12.7. The molecular weight excluding hydrogens is 412 g/mol. The van der Waals surface area contributed by atoms with Crippen LogP contribution < -0.4 is 10.2 Å². The number of morpholine rings is 1. The monoisotopic (exact) mass is 440 g/mol. The van der Waals surface area contributed by atoms with Crippen LogP contribution in [0.15, 0.2) is 66.7 Å². The molecule has 0 spiro atoms. The lowest BCUT2D eigenvalue weighted by Gasteiger charge is -2.28. The number of aromatic amines is 1. The third-order valence-corrected chi connectivity index (χ3v) is 6.01. The van der Waals surface area contributed by atoms with Crippen LogP contribution in [0.2, 0.25) is 0 Å². The lowest BCUT2D eigenvalue weighted by Crippen LogP contribution is -2.36. The number of hydrogen-bond acceptors (Lipinski definition) is 4. The Labute approximate surface area is 193 Å². The zero-order chi connectivity index (χ0) is 22.6. The third kappa shape index (κ3) is 4.76. The number of rotatable bonds is 6. The van der Waals surface area contributed by atoms with Crippen molar-refractivity contribution in [3.63, 3.8) is 0 Å². The summed E-state index contributed by atoms with van der Waals surface area (Å²) in [6, 6.07) is 21.9. The second-order valence-electron chi connectivity index (χ2n) is 8.36. The highest BCUT2D eigenvalue weighted by molar-refractivity contribution is 6.04. The summed E-state index contributed by atoms with van der Waals surface area (Å²) in [6.07, 6.45) is 2.18. The number of hydrogen-bond donors (Lipinski definition) is 2. The fourth-order valence-electron chi connectivity index (χ4n) is 4.20. The first-order valence-corrected chi connectivity index (χ1v) is 11.5. The summed E-state index contributed by atoms with van der Waals surface area (Å²) >= 11 is 0. The van der Waals surface area contributed by atoms with E-state index < -0.39 is 0 Å². The molecular formula is C27H28N4O2. The predicted octanol–water partition coefficient (Wildman–Crippen LogP) is 5.27. The molecule has 1 amide bonds. The van der Waals surface area contributed by atoms with E-state index in [1.54, 1.807) is 0 Å². The first-order chi connectivity index (χ1) is 16.2. The molecule has 33 heavy (non-hydrogen) atoms. The second-order valence-corrected chi connectivity index (χ2v) is 8.36. The van der Waals surface area contributed by atoms with E-state index >= 15 is 0 Å². The summed E-state index contributed by atoms with van der Waals surface area (Å²) in [5.74, 6) is 0.679. The molecule has 1 aliphatic rings. The molecule has 0 aliphatic carbocycles. The molecule has 1 fully saturated rings. The highest BCUT2D eigenvalue weighted by Gasteiger charge is 2.12. The second kappa shape index (κ2) is 9.46. The van der Waals surface area contributed by atoms with Crippen LogP contribution in [-0.4, -0.2) is 42.2 Å². The number of anilines is 2. The van der Waals surface area contributed by atoms with E-state index in [0.29, 0.717) is 5.56 Å². The molecule has 0 radical (unpaired) electrons. The minimum atomic E-state index is -0.130. The number of ether oxygens (including phenoxy) is 1. The molecule has 0 saturated carbocycles. The van der Waals surface area contributed by atoms with Gasteiger partial charge in [-0.25, -0.2) is 4.98 Å². The van der Waals surface area contributed by atoms with E-state index in [0.717, 1.165) is 72.9 Å². The van der Waals surface area contributed by atoms with Gasteiger partial charge < -0.3 is 19.9 Å². The van der Waals surface area contributed by atoms with Crippen molar-refractivity contribution in [1.29, 1.82) is 0 Å². The van der Waals surface area contributed by atoms with Gasteiger partial charge >= 0.3 is 0 Å². The molecule has 0 bridgehead atoms. The number of carbonyl (C=O) groups excluding carboxylic acids is 1. The van der Waals surface area contributed by atoms with Gasteiger partial charge in [0.1, 0.15) is 5.82 Å². The molecule has 2 N–H and O–H groups in total. The first kappa shape index (κ1) is 21.2. The molecule has 4 aromatic rings. The van der Waals surface area contributed by atoms with Crippen LogP contribution in [0.1, 0.15) is 29.3 Å². The lowest BCUT2D eigenvalue weighted by molar-refractivity contribution is 0.102. The van der Waals surface area contributed by atoms with Crippen LogP contribution in [0.4, 0.5) is 11.4 Å². The smallest absolute Gasteiger partial charge is 0.255 e. The number of H-pyrrole nitrogens is 1. The highest BCUT2D eigenvalue weighted by Crippen LogP contribution is 2.23. The number of imidazole rings is 1. The Morgan fingerprint density at radius 3 is 2.52 bits per heavy atom. The van der Waals surface area contributed by atoms with Gasteiger partial charge in [-0.15, -0.1) is 0 Å². The van der Waals surface area contributed by atoms with Crippen molar-refractivity contribution in [3.05, 3.63) is 77.9 Å². The summed E-state index contributed by atoms with van der Waals surface area (Å²) in [5, 5.41) is 2.98. The van der Waals surface area contributed by atoms with Crippen LogP contribution in [0.5, 0.6) is 0 Å². The summed E-state index contributed by atoms with van der Waals surface area (Å²) in [6.45, 7) is 5.47. The molecule has 168 valence electrons. The zero-order valence-corrected chi connectivity index (χ0v) is 18.8. The van der Waals surface area contributed by atoms with Gasteiger partial charge in [0.05, 0.1) is 24.2 Å². The van der Waals surface area contributed by atoms with Crippen LogP contribution in [0.25, 0.3) is 22.4 Å². The standard InChI is InChI=1S/C27H28N4O2/c1-2-3-19-4-13-24-25(18-19)30-26(29-24)20-5-7-21(8-6-20)27(32)28-22-9-11-23(12-10-22)31-14-16-33-17-15-31/h4-13,18H,2-3,14-17H2,1H3,(H,28,32)(H,29,30). The van der Waals surface area contributed by atoms with E-state index in [9.17, 15) is 4.79 Å². The van der Waals surface area contributed by atoms with Gasteiger partial charge in [-0.1, -0.05) is 31.5 Å². The summed E-state index contributed by atoms with van der Waals surface area (Å²) in [4.78, 5) is 23.1. The van der Waals surface area contributed by atoms with Crippen molar-refractivity contribution in [2.24, 2.45) is 0 Å². The topological polar surface area (TPSA) is 70.2 Å². The molecule has 0 atom stereocenters. The van der Waals surface area contributed by atoms with E-state index in [4.69, 9.17) is 9.72 Å². The van der Waals surface area contributed by atoms with E-state index in [-0.39, 0.29) is 5.91 Å². The summed E-state index contributed by atoms with van der Waals surface area (Å²) < 4.78 is 5.41. The van der Waals surface area contributed by atoms with Gasteiger partial charge in [0.15, 0.2) is 0 Å². The average molecular weight is 441 g/mol. The number of fused-ring (bicyclic) bond motifs is 1. The summed E-state index contributed by atoms with van der Waals surface area (Å²) in [5.41, 5.74) is 6.79. The summed E-state index contributed by atoms with van der Waals surface area (Å²) in [7, 11) is 0. The number of aromatic nitrogens is 2. The van der Waals surface area contributed by atoms with Gasteiger partial charge in [-0.3, -0.25) is 4.79 Å². The number of benzene rings is 3. The molecule has 5 rings (SSSR count). The van der Waals surface area contributed by atoms with Crippen molar-refractivity contribution < 1.29 is 9.53 Å². The minimum absolute atomic E-state index is 0.130. The number of aryl methyl sites for hydroxylation is 1. The fraction of sp³-hybridized carbons (Fsp3) is 0.259. The first-order valence-electron chi connectivity index (χ1n) is 11.5. The van der Waals surface area contributed by atoms with Gasteiger partial charge in [0.25, 0.3) is 5.91 Å². The molecule has 1 aliphatic heterocycles. The van der Waals surface area contributed by atoms with Crippen LogP contribution >= 0.6 is 0 Å². The zero-order valence-electron chi connectivity index (χ0n) is 18.8. The SMILES string of the molecule is CCCc1ccc2nc(-c3ccc(C(=O)Nc4ccc(N5CCOCC5)cc4)cc3)[nH]c2c1. The minimum Gasteiger partial charge on any atom is -0.378 e. The number of carbonyl (C=O) groups is 1. The molecule has 6 nitrogen and oxygen atoms in total.